The predicted molar refractivity (Wildman–Crippen MR) is 62.1 cm³/mol. The molecule has 0 aliphatic rings. The van der Waals surface area contributed by atoms with E-state index >= 15 is 0 Å². The van der Waals surface area contributed by atoms with Gasteiger partial charge in [0, 0.05) is 13.1 Å². The first-order chi connectivity index (χ1) is 7.62. The van der Waals surface area contributed by atoms with Gasteiger partial charge in [-0.1, -0.05) is 0 Å². The van der Waals surface area contributed by atoms with Crippen LogP contribution in [0, 0.1) is 0 Å². The Kier molecular flexibility index (Phi) is 14.6. The maximum absolute atomic E-state index is 8.65. The molecule has 8 N–H and O–H groups in total. The van der Waals surface area contributed by atoms with E-state index in [2.05, 4.69) is 0 Å². The number of hydrogen-bond donors (Lipinski definition) is 6. The lowest BCUT2D eigenvalue weighted by Crippen LogP contribution is -2.02. The molecular formula is C10H20N2O4. The molecule has 0 atom stereocenters. The summed E-state index contributed by atoms with van der Waals surface area (Å²) in [7, 11) is 0. The summed E-state index contributed by atoms with van der Waals surface area (Å²) in [6.07, 6.45) is 0. The minimum absolute atomic E-state index is 0.0972. The van der Waals surface area contributed by atoms with E-state index in [4.69, 9.17) is 31.9 Å². The molecule has 0 aliphatic heterocycles. The van der Waals surface area contributed by atoms with Crippen molar-refractivity contribution in [2.75, 3.05) is 26.3 Å². The van der Waals surface area contributed by atoms with Gasteiger partial charge in [-0.15, -0.1) is 0 Å². The van der Waals surface area contributed by atoms with Crippen molar-refractivity contribution in [1.29, 1.82) is 0 Å². The van der Waals surface area contributed by atoms with Crippen LogP contribution in [0.3, 0.4) is 0 Å². The predicted octanol–water partition coefficient (Wildman–Crippen LogP) is -1.03. The maximum Gasteiger partial charge on any atom is 0.115 e. The molecule has 94 valence electrons. The van der Waals surface area contributed by atoms with E-state index in [0.717, 1.165) is 0 Å². The van der Waals surface area contributed by atoms with E-state index in [9.17, 15) is 0 Å². The van der Waals surface area contributed by atoms with E-state index in [-0.39, 0.29) is 24.7 Å². The smallest absolute Gasteiger partial charge is 0.115 e. The summed E-state index contributed by atoms with van der Waals surface area (Å²) >= 11 is 0. The Morgan fingerprint density at radius 2 is 0.938 bits per heavy atom. The molecule has 16 heavy (non-hydrogen) atoms. The molecule has 0 saturated carbocycles. The Hall–Kier alpha value is -1.34. The summed E-state index contributed by atoms with van der Waals surface area (Å²) in [5.41, 5.74) is 9.56. The third-order valence-electron chi connectivity index (χ3n) is 1.11. The molecule has 1 aromatic rings. The van der Waals surface area contributed by atoms with Crippen LogP contribution in [0.25, 0.3) is 0 Å². The highest BCUT2D eigenvalue weighted by molar-refractivity contribution is 5.28. The Balaban J connectivity index is 0. The lowest BCUT2D eigenvalue weighted by Gasteiger charge is -1.88. The molecule has 0 aliphatic carbocycles. The van der Waals surface area contributed by atoms with Crippen molar-refractivity contribution in [3.05, 3.63) is 24.3 Å². The Morgan fingerprint density at radius 3 is 1.06 bits per heavy atom. The van der Waals surface area contributed by atoms with Gasteiger partial charge in [-0.2, -0.15) is 0 Å². The average Bonchev–Trinajstić information content (AvgIpc) is 2.33. The quantitative estimate of drug-likeness (QED) is 0.361. The molecule has 0 unspecified atom stereocenters. The highest BCUT2D eigenvalue weighted by atomic mass is 16.3. The van der Waals surface area contributed by atoms with Crippen molar-refractivity contribution >= 4 is 0 Å². The average molecular weight is 232 g/mol. The number of phenols is 2. The van der Waals surface area contributed by atoms with Gasteiger partial charge in [-0.25, -0.2) is 0 Å². The standard InChI is InChI=1S/C6H6O2.2C2H7NO/c7-5-1-2-6(8)4-3-5;2*3-1-2-4/h1-4,7-8H;2*4H,1-3H2. The van der Waals surface area contributed by atoms with Crippen LogP contribution in [-0.4, -0.2) is 46.7 Å². The second kappa shape index (κ2) is 13.7. The number of phenolic OH excluding ortho intramolecular Hbond substituents is 2. The molecule has 6 heteroatoms. The summed E-state index contributed by atoms with van der Waals surface area (Å²) in [4.78, 5) is 0. The second-order valence-corrected chi connectivity index (χ2v) is 2.54. The first-order valence-corrected chi connectivity index (χ1v) is 4.72. The van der Waals surface area contributed by atoms with Gasteiger partial charge in [-0.3, -0.25) is 0 Å². The van der Waals surface area contributed by atoms with Crippen molar-refractivity contribution in [1.82, 2.24) is 0 Å². The normalized spacial score (nSPS) is 8.25. The molecule has 0 saturated heterocycles. The lowest BCUT2D eigenvalue weighted by atomic mass is 10.3. The largest absolute Gasteiger partial charge is 0.508 e. The fourth-order valence-corrected chi connectivity index (χ4v) is 0.453. The van der Waals surface area contributed by atoms with E-state index in [1.807, 2.05) is 0 Å². The van der Waals surface area contributed by atoms with E-state index < -0.39 is 0 Å². The topological polar surface area (TPSA) is 133 Å². The van der Waals surface area contributed by atoms with Crippen molar-refractivity contribution < 1.29 is 20.4 Å². The van der Waals surface area contributed by atoms with Crippen molar-refractivity contribution in [3.63, 3.8) is 0 Å². The molecule has 0 amide bonds. The number of benzene rings is 1. The number of hydrogen-bond acceptors (Lipinski definition) is 6. The lowest BCUT2D eigenvalue weighted by molar-refractivity contribution is 0.306. The van der Waals surface area contributed by atoms with Crippen LogP contribution >= 0.6 is 0 Å². The molecule has 6 nitrogen and oxygen atoms in total. The second-order valence-electron chi connectivity index (χ2n) is 2.54. The summed E-state index contributed by atoms with van der Waals surface area (Å²) in [6, 6.07) is 5.70. The van der Waals surface area contributed by atoms with Crippen LogP contribution < -0.4 is 11.5 Å². The monoisotopic (exact) mass is 232 g/mol. The molecule has 0 spiro atoms. The van der Waals surface area contributed by atoms with E-state index in [1.165, 1.54) is 24.3 Å². The highest BCUT2D eigenvalue weighted by Gasteiger charge is 1.84. The molecular weight excluding hydrogens is 212 g/mol. The van der Waals surface area contributed by atoms with Crippen LogP contribution in [0.1, 0.15) is 0 Å². The third-order valence-corrected chi connectivity index (χ3v) is 1.11. The minimum Gasteiger partial charge on any atom is -0.508 e. The van der Waals surface area contributed by atoms with Gasteiger partial charge in [0.15, 0.2) is 0 Å². The third kappa shape index (κ3) is 15.1. The zero-order chi connectivity index (χ0) is 12.8. The van der Waals surface area contributed by atoms with Gasteiger partial charge >= 0.3 is 0 Å². The number of rotatable bonds is 2. The molecule has 1 aromatic carbocycles. The Bertz CT molecular complexity index is 200. The number of aliphatic hydroxyl groups is 2. The van der Waals surface area contributed by atoms with Gasteiger partial charge in [0.25, 0.3) is 0 Å². The van der Waals surface area contributed by atoms with Gasteiger partial charge in [0.1, 0.15) is 11.5 Å². The first-order valence-electron chi connectivity index (χ1n) is 4.72. The fourth-order valence-electron chi connectivity index (χ4n) is 0.453. The molecule has 0 radical (unpaired) electrons. The molecule has 0 fully saturated rings. The van der Waals surface area contributed by atoms with Gasteiger partial charge < -0.3 is 31.9 Å². The van der Waals surface area contributed by atoms with Crippen molar-refractivity contribution in [2.45, 2.75) is 0 Å². The molecule has 0 aromatic heterocycles. The minimum atomic E-state index is 0.0972. The van der Waals surface area contributed by atoms with Crippen LogP contribution in [-0.2, 0) is 0 Å². The molecule has 1 rings (SSSR count). The molecule has 0 heterocycles. The number of aliphatic hydroxyl groups excluding tert-OH is 2. The van der Waals surface area contributed by atoms with Crippen LogP contribution in [0.4, 0.5) is 0 Å². The summed E-state index contributed by atoms with van der Waals surface area (Å²) < 4.78 is 0. The Morgan fingerprint density at radius 1 is 0.750 bits per heavy atom. The highest BCUT2D eigenvalue weighted by Crippen LogP contribution is 2.13. The number of aromatic hydroxyl groups is 2. The van der Waals surface area contributed by atoms with Crippen LogP contribution in [0.2, 0.25) is 0 Å². The fraction of sp³-hybridized carbons (Fsp3) is 0.400. The van der Waals surface area contributed by atoms with E-state index in [0.29, 0.717) is 13.1 Å². The first kappa shape index (κ1) is 17.1. The molecule has 0 bridgehead atoms. The summed E-state index contributed by atoms with van der Waals surface area (Å²) in [5.74, 6) is 0.339. The van der Waals surface area contributed by atoms with Crippen molar-refractivity contribution in [2.24, 2.45) is 11.5 Å². The van der Waals surface area contributed by atoms with Gasteiger partial charge in [0.05, 0.1) is 13.2 Å². The SMILES string of the molecule is NCCO.NCCO.Oc1ccc(O)cc1. The van der Waals surface area contributed by atoms with Crippen molar-refractivity contribution in [3.8, 4) is 11.5 Å². The Labute approximate surface area is 94.8 Å². The maximum atomic E-state index is 8.65. The zero-order valence-electron chi connectivity index (χ0n) is 9.08. The van der Waals surface area contributed by atoms with E-state index in [1.54, 1.807) is 0 Å². The number of nitrogens with two attached hydrogens (primary N) is 2. The zero-order valence-corrected chi connectivity index (χ0v) is 9.08. The van der Waals surface area contributed by atoms with Gasteiger partial charge in [0.2, 0.25) is 0 Å². The van der Waals surface area contributed by atoms with Crippen LogP contribution in [0.5, 0.6) is 11.5 Å². The summed E-state index contributed by atoms with van der Waals surface area (Å²) in [5, 5.41) is 32.8. The van der Waals surface area contributed by atoms with Crippen LogP contribution in [0.15, 0.2) is 24.3 Å². The van der Waals surface area contributed by atoms with Gasteiger partial charge in [-0.05, 0) is 24.3 Å². The summed E-state index contributed by atoms with van der Waals surface area (Å²) in [6.45, 7) is 0.944.